The van der Waals surface area contributed by atoms with Crippen LogP contribution in [0.15, 0.2) is 6.20 Å². The summed E-state index contributed by atoms with van der Waals surface area (Å²) in [6.45, 7) is 3.34. The van der Waals surface area contributed by atoms with E-state index in [9.17, 15) is 13.2 Å². The number of nitrogens with zero attached hydrogens (tertiary/aromatic N) is 4. The van der Waals surface area contributed by atoms with Gasteiger partial charge in [-0.15, -0.1) is 5.10 Å². The van der Waals surface area contributed by atoms with Crippen molar-refractivity contribution in [1.82, 2.24) is 24.6 Å². The van der Waals surface area contributed by atoms with E-state index < -0.39 is 10.0 Å². The first-order valence-corrected chi connectivity index (χ1v) is 8.52. The fourth-order valence-corrected chi connectivity index (χ4v) is 2.68. The molecule has 0 spiro atoms. The van der Waals surface area contributed by atoms with Gasteiger partial charge in [0.2, 0.25) is 15.9 Å². The van der Waals surface area contributed by atoms with Crippen LogP contribution in [0.3, 0.4) is 0 Å². The Morgan fingerprint density at radius 3 is 2.76 bits per heavy atom. The minimum Gasteiger partial charge on any atom is -0.354 e. The number of amides is 1. The lowest BCUT2D eigenvalue weighted by Gasteiger charge is -2.17. The lowest BCUT2D eigenvalue weighted by Crippen LogP contribution is -2.34. The van der Waals surface area contributed by atoms with Crippen LogP contribution in [0.4, 0.5) is 0 Å². The number of hydrogen-bond donors (Lipinski definition) is 2. The van der Waals surface area contributed by atoms with Crippen molar-refractivity contribution in [2.45, 2.75) is 26.4 Å². The quantitative estimate of drug-likeness (QED) is 0.536. The normalized spacial score (nSPS) is 11.8. The highest BCUT2D eigenvalue weighted by atomic mass is 32.2. The summed E-state index contributed by atoms with van der Waals surface area (Å²) in [5.74, 6) is -0.203. The maximum absolute atomic E-state index is 11.7. The number of nitrogens with two attached hydrogens (primary N) is 1. The molecule has 1 rings (SSSR count). The summed E-state index contributed by atoms with van der Waals surface area (Å²) < 4.78 is 25.5. The van der Waals surface area contributed by atoms with Gasteiger partial charge in [-0.2, -0.15) is 0 Å². The smallest absolute Gasteiger partial charge is 0.241 e. The first kappa shape index (κ1) is 17.5. The average Bonchev–Trinajstić information content (AvgIpc) is 2.84. The molecule has 1 aromatic rings. The number of nitrogens with one attached hydrogen (secondary N) is 1. The average molecular weight is 318 g/mol. The molecule has 0 aliphatic carbocycles. The number of aromatic nitrogens is 3. The van der Waals surface area contributed by atoms with Crippen LogP contribution in [-0.2, 0) is 27.9 Å². The molecular formula is C11H22N6O3S. The van der Waals surface area contributed by atoms with Crippen molar-refractivity contribution in [2.75, 3.05) is 25.9 Å². The Bertz CT molecular complexity index is 556. The van der Waals surface area contributed by atoms with Crippen molar-refractivity contribution in [3.63, 3.8) is 0 Å². The van der Waals surface area contributed by atoms with E-state index in [1.165, 1.54) is 15.2 Å². The molecule has 9 nitrogen and oxygen atoms in total. The van der Waals surface area contributed by atoms with E-state index in [1.807, 2.05) is 0 Å². The molecule has 3 N–H and O–H groups in total. The first-order valence-electron chi connectivity index (χ1n) is 6.67. The van der Waals surface area contributed by atoms with Crippen LogP contribution in [0.1, 0.15) is 19.0 Å². The number of hydrogen-bond acceptors (Lipinski definition) is 6. The second-order valence-electron chi connectivity index (χ2n) is 4.57. The molecule has 0 unspecified atom stereocenters. The zero-order valence-electron chi connectivity index (χ0n) is 12.3. The van der Waals surface area contributed by atoms with Crippen molar-refractivity contribution >= 4 is 15.9 Å². The Morgan fingerprint density at radius 1 is 1.52 bits per heavy atom. The molecule has 21 heavy (non-hydrogen) atoms. The summed E-state index contributed by atoms with van der Waals surface area (Å²) in [6.07, 6.45) is 3.34. The molecule has 0 atom stereocenters. The third kappa shape index (κ3) is 6.19. The third-order valence-corrected chi connectivity index (χ3v) is 4.21. The van der Waals surface area contributed by atoms with Crippen LogP contribution in [-0.4, -0.2) is 59.5 Å². The van der Waals surface area contributed by atoms with Gasteiger partial charge in [0, 0.05) is 26.2 Å². The monoisotopic (exact) mass is 318 g/mol. The van der Waals surface area contributed by atoms with Crippen molar-refractivity contribution < 1.29 is 13.2 Å². The lowest BCUT2D eigenvalue weighted by molar-refractivity contribution is -0.121. The fraction of sp³-hybridized carbons (Fsp3) is 0.727. The highest BCUT2D eigenvalue weighted by Crippen LogP contribution is 1.98. The molecule has 1 aromatic heterocycles. The molecule has 10 heteroatoms. The summed E-state index contributed by atoms with van der Waals surface area (Å²) in [5, 5.41) is 10.3. The van der Waals surface area contributed by atoms with E-state index >= 15 is 0 Å². The van der Waals surface area contributed by atoms with Crippen LogP contribution < -0.4 is 11.1 Å². The molecule has 1 amide bonds. The highest BCUT2D eigenvalue weighted by Gasteiger charge is 2.13. The summed E-state index contributed by atoms with van der Waals surface area (Å²) in [7, 11) is -3.18. The third-order valence-electron chi connectivity index (χ3n) is 2.83. The van der Waals surface area contributed by atoms with Gasteiger partial charge in [0.05, 0.1) is 18.1 Å². The molecule has 0 radical (unpaired) electrons. The van der Waals surface area contributed by atoms with E-state index in [1.54, 1.807) is 13.1 Å². The predicted molar refractivity (Wildman–Crippen MR) is 77.6 cm³/mol. The maximum atomic E-state index is 11.7. The number of carbonyl (C=O) groups is 1. The Labute approximate surface area is 124 Å². The molecule has 1 heterocycles. The number of carbonyl (C=O) groups excluding carboxylic acids is 1. The predicted octanol–water partition coefficient (Wildman–Crippen LogP) is -1.48. The zero-order chi connectivity index (χ0) is 15.9. The fourth-order valence-electron chi connectivity index (χ4n) is 1.75. The van der Waals surface area contributed by atoms with Gasteiger partial charge in [0.1, 0.15) is 6.54 Å². The maximum Gasteiger partial charge on any atom is 0.241 e. The zero-order valence-corrected chi connectivity index (χ0v) is 13.1. The van der Waals surface area contributed by atoms with Gasteiger partial charge in [-0.3, -0.25) is 4.79 Å². The summed E-state index contributed by atoms with van der Waals surface area (Å²) in [5.41, 5.74) is 6.02. The number of sulfonamides is 1. The van der Waals surface area contributed by atoms with Crippen molar-refractivity contribution in [3.05, 3.63) is 11.9 Å². The lowest BCUT2D eigenvalue weighted by atomic mass is 10.4. The molecule has 0 aliphatic heterocycles. The largest absolute Gasteiger partial charge is 0.354 e. The van der Waals surface area contributed by atoms with Crippen molar-refractivity contribution in [2.24, 2.45) is 5.73 Å². The topological polar surface area (TPSA) is 123 Å². The Kier molecular flexibility index (Phi) is 6.72. The molecule has 0 fully saturated rings. The molecule has 0 aliphatic rings. The molecule has 0 saturated heterocycles. The highest BCUT2D eigenvalue weighted by molar-refractivity contribution is 7.88. The summed E-state index contributed by atoms with van der Waals surface area (Å²) >= 11 is 0. The van der Waals surface area contributed by atoms with E-state index in [-0.39, 0.29) is 19.0 Å². The van der Waals surface area contributed by atoms with E-state index in [2.05, 4.69) is 15.6 Å². The van der Waals surface area contributed by atoms with Gasteiger partial charge in [-0.1, -0.05) is 12.1 Å². The van der Waals surface area contributed by atoms with E-state index in [4.69, 9.17) is 5.73 Å². The Balaban J connectivity index is 2.27. The van der Waals surface area contributed by atoms with Crippen LogP contribution >= 0.6 is 0 Å². The van der Waals surface area contributed by atoms with E-state index in [0.717, 1.165) is 0 Å². The Hall–Kier alpha value is -1.52. The van der Waals surface area contributed by atoms with Gasteiger partial charge in [-0.25, -0.2) is 17.4 Å². The summed E-state index contributed by atoms with van der Waals surface area (Å²) in [6, 6.07) is 0. The second kappa shape index (κ2) is 8.05. The second-order valence-corrected chi connectivity index (χ2v) is 6.55. The van der Waals surface area contributed by atoms with Crippen LogP contribution in [0.2, 0.25) is 0 Å². The van der Waals surface area contributed by atoms with Gasteiger partial charge in [-0.05, 0) is 6.42 Å². The first-order chi connectivity index (χ1) is 9.86. The van der Waals surface area contributed by atoms with E-state index in [0.29, 0.717) is 31.7 Å². The van der Waals surface area contributed by atoms with Gasteiger partial charge in [0.25, 0.3) is 0 Å². The molecule has 0 aromatic carbocycles. The van der Waals surface area contributed by atoms with Crippen LogP contribution in [0.25, 0.3) is 0 Å². The van der Waals surface area contributed by atoms with Crippen molar-refractivity contribution in [1.29, 1.82) is 0 Å². The van der Waals surface area contributed by atoms with Gasteiger partial charge >= 0.3 is 0 Å². The van der Waals surface area contributed by atoms with Gasteiger partial charge in [0.15, 0.2) is 0 Å². The van der Waals surface area contributed by atoms with Gasteiger partial charge < -0.3 is 11.1 Å². The Morgan fingerprint density at radius 2 is 2.24 bits per heavy atom. The van der Waals surface area contributed by atoms with Crippen molar-refractivity contribution in [3.8, 4) is 0 Å². The van der Waals surface area contributed by atoms with Crippen LogP contribution in [0, 0.1) is 0 Å². The van der Waals surface area contributed by atoms with Crippen LogP contribution in [0.5, 0.6) is 0 Å². The standard InChI is InChI=1S/C11H22N6O3S/c1-3-17(21(2,19)20)6-4-5-13-11(18)9-16-8-10(7-12)14-15-16/h8H,3-7,9,12H2,1-2H3,(H,13,18). The molecule has 0 saturated carbocycles. The molecular weight excluding hydrogens is 296 g/mol. The minimum atomic E-state index is -3.18. The SMILES string of the molecule is CCN(CCCNC(=O)Cn1cc(CN)nn1)S(C)(=O)=O. The summed E-state index contributed by atoms with van der Waals surface area (Å²) in [4.78, 5) is 11.7. The minimum absolute atomic E-state index is 0.0660. The molecule has 120 valence electrons. The molecule has 0 bridgehead atoms. The number of rotatable bonds is 9.